The maximum Gasteiger partial charge on any atom is 0.219 e. The lowest BCUT2D eigenvalue weighted by molar-refractivity contribution is -0.117. The normalized spacial score (nSPS) is 9.79. The largest absolute Gasteiger partial charge is 0.508 e. The van der Waals surface area contributed by atoms with Gasteiger partial charge in [0.05, 0.1) is 0 Å². The van der Waals surface area contributed by atoms with Crippen molar-refractivity contribution >= 4 is 11.6 Å². The molecule has 0 heterocycles. The van der Waals surface area contributed by atoms with Gasteiger partial charge in [0.15, 0.2) is 0 Å². The van der Waals surface area contributed by atoms with E-state index in [1.54, 1.807) is 24.3 Å². The van der Waals surface area contributed by atoms with E-state index in [1.165, 1.54) is 0 Å². The van der Waals surface area contributed by atoms with Crippen molar-refractivity contribution in [1.29, 1.82) is 0 Å². The quantitative estimate of drug-likeness (QED) is 0.741. The number of amides is 1. The standard InChI is InChI=1S/C10H14N2O2/c1-12(7-6-10(11)14)8-2-4-9(13)5-3-8/h2-5,13H,6-7H2,1H3,(H2,11,14). The van der Waals surface area contributed by atoms with Gasteiger partial charge in [-0.25, -0.2) is 0 Å². The van der Waals surface area contributed by atoms with E-state index >= 15 is 0 Å². The van der Waals surface area contributed by atoms with Gasteiger partial charge in [-0.2, -0.15) is 0 Å². The molecule has 1 aromatic rings. The molecule has 14 heavy (non-hydrogen) atoms. The number of phenolic OH excluding ortho intramolecular Hbond substituents is 1. The van der Waals surface area contributed by atoms with E-state index < -0.39 is 0 Å². The van der Waals surface area contributed by atoms with Crippen LogP contribution in [0.4, 0.5) is 5.69 Å². The maximum absolute atomic E-state index is 10.5. The monoisotopic (exact) mass is 194 g/mol. The molecule has 4 nitrogen and oxygen atoms in total. The van der Waals surface area contributed by atoms with Gasteiger partial charge in [-0.15, -0.1) is 0 Å². The van der Waals surface area contributed by atoms with Gasteiger partial charge < -0.3 is 15.7 Å². The van der Waals surface area contributed by atoms with Gasteiger partial charge in [0.2, 0.25) is 5.91 Å². The number of hydrogen-bond acceptors (Lipinski definition) is 3. The van der Waals surface area contributed by atoms with Crippen LogP contribution in [-0.2, 0) is 4.79 Å². The van der Waals surface area contributed by atoms with Crippen molar-refractivity contribution < 1.29 is 9.90 Å². The van der Waals surface area contributed by atoms with E-state index in [0.717, 1.165) is 5.69 Å². The fourth-order valence-electron chi connectivity index (χ4n) is 1.11. The highest BCUT2D eigenvalue weighted by atomic mass is 16.3. The second-order valence-electron chi connectivity index (χ2n) is 3.15. The Morgan fingerprint density at radius 2 is 2.00 bits per heavy atom. The summed E-state index contributed by atoms with van der Waals surface area (Å²) in [6.45, 7) is 0.583. The first kappa shape index (κ1) is 10.4. The zero-order valence-corrected chi connectivity index (χ0v) is 8.10. The Hall–Kier alpha value is -1.71. The fraction of sp³-hybridized carbons (Fsp3) is 0.300. The fourth-order valence-corrected chi connectivity index (χ4v) is 1.11. The lowest BCUT2D eigenvalue weighted by atomic mass is 10.2. The van der Waals surface area contributed by atoms with Gasteiger partial charge in [-0.05, 0) is 24.3 Å². The third kappa shape index (κ3) is 2.97. The highest BCUT2D eigenvalue weighted by Gasteiger charge is 2.02. The third-order valence-electron chi connectivity index (χ3n) is 1.98. The highest BCUT2D eigenvalue weighted by molar-refractivity contribution is 5.74. The van der Waals surface area contributed by atoms with Crippen molar-refractivity contribution in [1.82, 2.24) is 0 Å². The molecule has 0 saturated carbocycles. The Morgan fingerprint density at radius 1 is 1.43 bits per heavy atom. The highest BCUT2D eigenvalue weighted by Crippen LogP contribution is 2.16. The topological polar surface area (TPSA) is 66.6 Å². The molecule has 0 aliphatic carbocycles. The number of nitrogens with two attached hydrogens (primary N) is 1. The summed E-state index contributed by atoms with van der Waals surface area (Å²) in [5, 5.41) is 9.06. The van der Waals surface area contributed by atoms with E-state index in [1.807, 2.05) is 11.9 Å². The summed E-state index contributed by atoms with van der Waals surface area (Å²) in [4.78, 5) is 12.5. The average molecular weight is 194 g/mol. The van der Waals surface area contributed by atoms with Crippen molar-refractivity contribution in [2.24, 2.45) is 5.73 Å². The SMILES string of the molecule is CN(CCC(N)=O)c1ccc(O)cc1. The van der Waals surface area contributed by atoms with Crippen LogP contribution in [0.2, 0.25) is 0 Å². The molecule has 1 amide bonds. The minimum atomic E-state index is -0.310. The first-order valence-electron chi connectivity index (χ1n) is 4.38. The molecule has 76 valence electrons. The van der Waals surface area contributed by atoms with Gasteiger partial charge in [0, 0.05) is 25.7 Å². The van der Waals surface area contributed by atoms with E-state index in [4.69, 9.17) is 10.8 Å². The number of carbonyl (C=O) groups is 1. The van der Waals surface area contributed by atoms with Crippen LogP contribution in [0.3, 0.4) is 0 Å². The second-order valence-corrected chi connectivity index (χ2v) is 3.15. The lowest BCUT2D eigenvalue weighted by Gasteiger charge is -2.18. The molecule has 0 bridgehead atoms. The summed E-state index contributed by atoms with van der Waals surface area (Å²) in [5.41, 5.74) is 5.99. The summed E-state index contributed by atoms with van der Waals surface area (Å²) in [5.74, 6) is -0.0762. The number of rotatable bonds is 4. The van der Waals surface area contributed by atoms with Crippen molar-refractivity contribution in [3.63, 3.8) is 0 Å². The summed E-state index contributed by atoms with van der Waals surface area (Å²) >= 11 is 0. The van der Waals surface area contributed by atoms with Gasteiger partial charge in [0.25, 0.3) is 0 Å². The smallest absolute Gasteiger partial charge is 0.219 e. The van der Waals surface area contributed by atoms with Crippen molar-refractivity contribution in [2.45, 2.75) is 6.42 Å². The summed E-state index contributed by atoms with van der Waals surface area (Å²) in [7, 11) is 1.87. The third-order valence-corrected chi connectivity index (χ3v) is 1.98. The zero-order chi connectivity index (χ0) is 10.6. The summed E-state index contributed by atoms with van der Waals surface area (Å²) in [6.07, 6.45) is 0.331. The molecule has 0 aliphatic heterocycles. The first-order chi connectivity index (χ1) is 6.59. The number of carbonyl (C=O) groups excluding carboxylic acids is 1. The maximum atomic E-state index is 10.5. The van der Waals surface area contributed by atoms with Gasteiger partial charge in [-0.1, -0.05) is 0 Å². The van der Waals surface area contributed by atoms with Crippen LogP contribution >= 0.6 is 0 Å². The van der Waals surface area contributed by atoms with Gasteiger partial charge >= 0.3 is 0 Å². The van der Waals surface area contributed by atoms with Crippen LogP contribution in [0, 0.1) is 0 Å². The van der Waals surface area contributed by atoms with Crippen LogP contribution in [0.15, 0.2) is 24.3 Å². The van der Waals surface area contributed by atoms with Gasteiger partial charge in [0.1, 0.15) is 5.75 Å². The molecule has 0 fully saturated rings. The van der Waals surface area contributed by atoms with E-state index in [0.29, 0.717) is 13.0 Å². The van der Waals surface area contributed by atoms with Crippen LogP contribution < -0.4 is 10.6 Å². The number of benzene rings is 1. The molecule has 0 aliphatic rings. The molecular weight excluding hydrogens is 180 g/mol. The molecule has 0 atom stereocenters. The molecule has 0 saturated heterocycles. The molecule has 3 N–H and O–H groups in total. The molecule has 1 aromatic carbocycles. The number of anilines is 1. The Bertz CT molecular complexity index is 308. The van der Waals surface area contributed by atoms with Crippen molar-refractivity contribution in [3.05, 3.63) is 24.3 Å². The van der Waals surface area contributed by atoms with E-state index in [-0.39, 0.29) is 11.7 Å². The van der Waals surface area contributed by atoms with Crippen molar-refractivity contribution in [3.8, 4) is 5.75 Å². The lowest BCUT2D eigenvalue weighted by Crippen LogP contribution is -2.23. The molecule has 0 radical (unpaired) electrons. The average Bonchev–Trinajstić information content (AvgIpc) is 2.15. The molecule has 0 unspecified atom stereocenters. The summed E-state index contributed by atoms with van der Waals surface area (Å²) < 4.78 is 0. The Labute approximate surface area is 82.9 Å². The van der Waals surface area contributed by atoms with Gasteiger partial charge in [-0.3, -0.25) is 4.79 Å². The Kier molecular flexibility index (Phi) is 3.34. The van der Waals surface area contributed by atoms with E-state index in [2.05, 4.69) is 0 Å². The van der Waals surface area contributed by atoms with Crippen LogP contribution in [-0.4, -0.2) is 24.6 Å². The molecule has 1 rings (SSSR count). The predicted octanol–water partition coefficient (Wildman–Crippen LogP) is 0.704. The van der Waals surface area contributed by atoms with Crippen LogP contribution in [0.1, 0.15) is 6.42 Å². The Balaban J connectivity index is 2.56. The number of aromatic hydroxyl groups is 1. The number of nitrogens with zero attached hydrogens (tertiary/aromatic N) is 1. The zero-order valence-electron chi connectivity index (χ0n) is 8.10. The molecule has 0 spiro atoms. The number of hydrogen-bond donors (Lipinski definition) is 2. The molecule has 4 heteroatoms. The van der Waals surface area contributed by atoms with Crippen LogP contribution in [0.5, 0.6) is 5.75 Å². The number of phenols is 1. The van der Waals surface area contributed by atoms with Crippen molar-refractivity contribution in [2.75, 3.05) is 18.5 Å². The first-order valence-corrected chi connectivity index (χ1v) is 4.38. The van der Waals surface area contributed by atoms with E-state index in [9.17, 15) is 4.79 Å². The molecule has 0 aromatic heterocycles. The second kappa shape index (κ2) is 4.50. The minimum absolute atomic E-state index is 0.233. The minimum Gasteiger partial charge on any atom is -0.508 e. The Morgan fingerprint density at radius 3 is 2.50 bits per heavy atom. The molecular formula is C10H14N2O2. The summed E-state index contributed by atoms with van der Waals surface area (Å²) in [6, 6.07) is 6.79. The predicted molar refractivity (Wildman–Crippen MR) is 55.2 cm³/mol. The number of primary amides is 1. The van der Waals surface area contributed by atoms with Crippen LogP contribution in [0.25, 0.3) is 0 Å².